The molecule has 1 aliphatic rings. The largest absolute Gasteiger partial charge is 0.383 e. The van der Waals surface area contributed by atoms with E-state index in [1.165, 1.54) is 5.56 Å². The van der Waals surface area contributed by atoms with E-state index < -0.39 is 10.1 Å². The van der Waals surface area contributed by atoms with Crippen molar-refractivity contribution in [2.75, 3.05) is 32.2 Å². The van der Waals surface area contributed by atoms with Gasteiger partial charge < -0.3 is 10.6 Å². The van der Waals surface area contributed by atoms with Crippen molar-refractivity contribution in [1.82, 2.24) is 15.5 Å². The molecule has 2 heterocycles. The Morgan fingerprint density at radius 3 is 2.46 bits per heavy atom. The normalized spacial score (nSPS) is 12.5. The van der Waals surface area contributed by atoms with Gasteiger partial charge in [-0.1, -0.05) is 23.8 Å². The number of benzene rings is 1. The number of anilines is 1. The number of nitrogens with one attached hydrogen (secondary N) is 3. The van der Waals surface area contributed by atoms with Gasteiger partial charge in [0.1, 0.15) is 5.69 Å². The van der Waals surface area contributed by atoms with E-state index in [4.69, 9.17) is 4.55 Å². The van der Waals surface area contributed by atoms with Gasteiger partial charge in [0, 0.05) is 17.7 Å². The Kier molecular flexibility index (Phi) is 8.43. The highest BCUT2D eigenvalue weighted by atomic mass is 32.2. The number of aryl methyl sites for hydroxylation is 1. The number of aromatic amines is 1. The van der Waals surface area contributed by atoms with Crippen LogP contribution in [0.1, 0.15) is 17.5 Å². The first-order valence-electron chi connectivity index (χ1n) is 8.10. The van der Waals surface area contributed by atoms with E-state index in [1.807, 2.05) is 26.2 Å². The molecular weight excluding hydrogens is 356 g/mol. The number of aromatic nitrogens is 2. The second-order valence-corrected chi connectivity index (χ2v) is 7.35. The quantitative estimate of drug-likeness (QED) is 0.550. The van der Waals surface area contributed by atoms with Crippen LogP contribution in [0.4, 0.5) is 5.69 Å². The molecule has 0 amide bonds. The van der Waals surface area contributed by atoms with Gasteiger partial charge in [-0.05, 0) is 39.9 Å². The van der Waals surface area contributed by atoms with Gasteiger partial charge in [0.15, 0.2) is 0 Å². The van der Waals surface area contributed by atoms with Crippen molar-refractivity contribution in [3.8, 4) is 11.3 Å². The van der Waals surface area contributed by atoms with E-state index >= 15 is 0 Å². The molecule has 0 fully saturated rings. The molecule has 26 heavy (non-hydrogen) atoms. The fraction of sp³-hybridized carbons (Fsp3) is 0.412. The molecule has 0 radical (unpaired) electrons. The fourth-order valence-corrected chi connectivity index (χ4v) is 2.40. The SMILES string of the molecule is CNC.CS(=O)(=O)O.Cc1cccc(-c2n[nH]c(=O)c3c2NCCC3)c1. The van der Waals surface area contributed by atoms with Crippen LogP contribution in [0.15, 0.2) is 29.1 Å². The van der Waals surface area contributed by atoms with Crippen molar-refractivity contribution < 1.29 is 13.0 Å². The Morgan fingerprint density at radius 1 is 1.27 bits per heavy atom. The molecule has 3 rings (SSSR count). The summed E-state index contributed by atoms with van der Waals surface area (Å²) in [6, 6.07) is 8.16. The second kappa shape index (κ2) is 10.0. The van der Waals surface area contributed by atoms with Crippen molar-refractivity contribution in [2.24, 2.45) is 0 Å². The van der Waals surface area contributed by atoms with Crippen LogP contribution in [0.2, 0.25) is 0 Å². The predicted molar refractivity (Wildman–Crippen MR) is 104 cm³/mol. The lowest BCUT2D eigenvalue weighted by Crippen LogP contribution is -2.24. The highest BCUT2D eigenvalue weighted by molar-refractivity contribution is 7.85. The second-order valence-electron chi connectivity index (χ2n) is 5.89. The smallest absolute Gasteiger partial charge is 0.269 e. The molecule has 0 spiro atoms. The number of rotatable bonds is 1. The van der Waals surface area contributed by atoms with E-state index in [2.05, 4.69) is 39.9 Å². The van der Waals surface area contributed by atoms with Crippen molar-refractivity contribution in [3.05, 3.63) is 45.7 Å². The zero-order valence-corrected chi connectivity index (χ0v) is 16.3. The molecule has 0 saturated heterocycles. The maximum Gasteiger partial charge on any atom is 0.269 e. The Morgan fingerprint density at radius 2 is 1.88 bits per heavy atom. The summed E-state index contributed by atoms with van der Waals surface area (Å²) in [5, 5.41) is 12.9. The zero-order chi connectivity index (χ0) is 19.7. The van der Waals surface area contributed by atoms with Crippen LogP contribution in [0, 0.1) is 6.92 Å². The topological polar surface area (TPSA) is 124 Å². The summed E-state index contributed by atoms with van der Waals surface area (Å²) >= 11 is 0. The van der Waals surface area contributed by atoms with Gasteiger partial charge in [-0.3, -0.25) is 9.35 Å². The van der Waals surface area contributed by atoms with Crippen molar-refractivity contribution >= 4 is 15.8 Å². The van der Waals surface area contributed by atoms with Gasteiger partial charge in [0.2, 0.25) is 0 Å². The Bertz CT molecular complexity index is 871. The molecule has 4 N–H and O–H groups in total. The lowest BCUT2D eigenvalue weighted by Gasteiger charge is -2.19. The molecule has 9 heteroatoms. The van der Waals surface area contributed by atoms with Crippen molar-refractivity contribution in [3.63, 3.8) is 0 Å². The van der Waals surface area contributed by atoms with Crippen LogP contribution in [0.5, 0.6) is 0 Å². The zero-order valence-electron chi connectivity index (χ0n) is 15.5. The maximum atomic E-state index is 11.8. The monoisotopic (exact) mass is 382 g/mol. The summed E-state index contributed by atoms with van der Waals surface area (Å²) in [4.78, 5) is 11.8. The summed E-state index contributed by atoms with van der Waals surface area (Å²) in [6.07, 6.45) is 2.53. The van der Waals surface area contributed by atoms with Crippen molar-refractivity contribution in [2.45, 2.75) is 19.8 Å². The minimum Gasteiger partial charge on any atom is -0.383 e. The summed E-state index contributed by atoms with van der Waals surface area (Å²) in [7, 11) is 0.0833. The van der Waals surface area contributed by atoms with Gasteiger partial charge in [-0.2, -0.15) is 13.5 Å². The summed E-state index contributed by atoms with van der Waals surface area (Å²) in [5.74, 6) is 0. The third-order valence-corrected chi connectivity index (χ3v) is 3.28. The number of hydrogen-bond acceptors (Lipinski definition) is 6. The van der Waals surface area contributed by atoms with Gasteiger partial charge in [0.05, 0.1) is 11.9 Å². The predicted octanol–water partition coefficient (Wildman–Crippen LogP) is 1.44. The summed E-state index contributed by atoms with van der Waals surface area (Å²) < 4.78 is 25.9. The minimum absolute atomic E-state index is 0.0754. The fourth-order valence-electron chi connectivity index (χ4n) is 2.40. The molecule has 8 nitrogen and oxygen atoms in total. The first-order chi connectivity index (χ1) is 12.2. The van der Waals surface area contributed by atoms with E-state index in [1.54, 1.807) is 0 Å². The lowest BCUT2D eigenvalue weighted by atomic mass is 10.0. The standard InChI is InChI=1S/C14H15N3O.C2H7N.CH4O3S/c1-9-4-2-5-10(8-9)12-13-11(6-3-7-15-13)14(18)17-16-12;1-3-2;1-5(2,3)4/h2,4-5,8,15H,3,6-7H2,1H3,(H,17,18);3H,1-2H3;1H3,(H,2,3,4). The highest BCUT2D eigenvalue weighted by Gasteiger charge is 2.18. The van der Waals surface area contributed by atoms with Crippen LogP contribution >= 0.6 is 0 Å². The molecule has 144 valence electrons. The lowest BCUT2D eigenvalue weighted by molar-refractivity contribution is 0.490. The molecule has 0 aliphatic carbocycles. The Labute approximate surface area is 153 Å². The molecular formula is C17H26N4O4S. The van der Waals surface area contributed by atoms with Crippen LogP contribution in [-0.4, -0.2) is 50.1 Å². The minimum atomic E-state index is -3.67. The van der Waals surface area contributed by atoms with Gasteiger partial charge in [-0.15, -0.1) is 0 Å². The van der Waals surface area contributed by atoms with Gasteiger partial charge in [0.25, 0.3) is 15.7 Å². The first-order valence-corrected chi connectivity index (χ1v) is 9.95. The number of hydrogen-bond donors (Lipinski definition) is 4. The molecule has 0 bridgehead atoms. The first kappa shape index (κ1) is 21.8. The van der Waals surface area contributed by atoms with E-state index in [-0.39, 0.29) is 5.56 Å². The average Bonchev–Trinajstić information content (AvgIpc) is 2.55. The number of nitrogens with zero attached hydrogens (tertiary/aromatic N) is 1. The van der Waals surface area contributed by atoms with Crippen LogP contribution < -0.4 is 16.2 Å². The molecule has 1 aliphatic heterocycles. The summed E-state index contributed by atoms with van der Waals surface area (Å²) in [6.45, 7) is 2.95. The van der Waals surface area contributed by atoms with Gasteiger partial charge >= 0.3 is 0 Å². The Balaban J connectivity index is 0.000000361. The van der Waals surface area contributed by atoms with Crippen LogP contribution in [0.3, 0.4) is 0 Å². The van der Waals surface area contributed by atoms with E-state index in [0.29, 0.717) is 6.26 Å². The molecule has 0 saturated carbocycles. The molecule has 1 aromatic carbocycles. The molecule has 2 aromatic rings. The highest BCUT2D eigenvalue weighted by Crippen LogP contribution is 2.29. The average molecular weight is 382 g/mol. The molecule has 0 unspecified atom stereocenters. The van der Waals surface area contributed by atoms with Crippen LogP contribution in [-0.2, 0) is 16.5 Å². The van der Waals surface area contributed by atoms with E-state index in [0.717, 1.165) is 41.9 Å². The molecule has 0 atom stereocenters. The molecule has 1 aromatic heterocycles. The van der Waals surface area contributed by atoms with Crippen LogP contribution in [0.25, 0.3) is 11.3 Å². The van der Waals surface area contributed by atoms with E-state index in [9.17, 15) is 13.2 Å². The van der Waals surface area contributed by atoms with Crippen molar-refractivity contribution in [1.29, 1.82) is 0 Å². The number of H-pyrrole nitrogens is 1. The Hall–Kier alpha value is -2.23. The third-order valence-electron chi connectivity index (χ3n) is 3.28. The summed E-state index contributed by atoms with van der Waals surface area (Å²) in [5.41, 5.74) is 4.71. The number of fused-ring (bicyclic) bond motifs is 1. The third kappa shape index (κ3) is 7.34. The maximum absolute atomic E-state index is 11.8. The van der Waals surface area contributed by atoms with Gasteiger partial charge in [-0.25, -0.2) is 5.10 Å².